The van der Waals surface area contributed by atoms with Gasteiger partial charge in [0, 0.05) is 0 Å². The number of ketones is 1. The lowest BCUT2D eigenvalue weighted by molar-refractivity contribution is -0.309. The van der Waals surface area contributed by atoms with Crippen LogP contribution in [-0.4, -0.2) is 18.2 Å². The van der Waals surface area contributed by atoms with Crippen molar-refractivity contribution < 1.29 is 23.5 Å². The Balaban J connectivity index is 4.08. The first-order valence-corrected chi connectivity index (χ1v) is 2.49. The van der Waals surface area contributed by atoms with Crippen LogP contribution in [0.25, 0.3) is 0 Å². The molecular formula is C5H5F2O3-. The molecule has 0 heterocycles. The molecule has 5 heteroatoms. The van der Waals surface area contributed by atoms with Crippen molar-refractivity contribution in [3.05, 3.63) is 0 Å². The van der Waals surface area contributed by atoms with Crippen LogP contribution in [-0.2, 0) is 9.59 Å². The molecular weight excluding hydrogens is 146 g/mol. The summed E-state index contributed by atoms with van der Waals surface area (Å²) < 4.78 is 22.8. The van der Waals surface area contributed by atoms with Crippen LogP contribution in [0.4, 0.5) is 8.78 Å². The molecule has 0 saturated heterocycles. The molecule has 1 unspecified atom stereocenters. The average molecular weight is 151 g/mol. The number of carbonyl (C=O) groups excluding carboxylic acids is 2. The number of rotatable bonds is 3. The summed E-state index contributed by atoms with van der Waals surface area (Å²) in [6.07, 6.45) is -3.23. The fraction of sp³-hybridized carbons (Fsp3) is 0.600. The fourth-order valence-corrected chi connectivity index (χ4v) is 0.305. The second-order valence-corrected chi connectivity index (χ2v) is 1.74. The Morgan fingerprint density at radius 2 is 1.80 bits per heavy atom. The van der Waals surface area contributed by atoms with Gasteiger partial charge in [-0.1, -0.05) is 0 Å². The van der Waals surface area contributed by atoms with Gasteiger partial charge in [-0.2, -0.15) is 0 Å². The molecule has 0 aliphatic carbocycles. The third-order valence-electron chi connectivity index (χ3n) is 0.995. The summed E-state index contributed by atoms with van der Waals surface area (Å²) in [5, 5.41) is 9.78. The topological polar surface area (TPSA) is 57.2 Å². The largest absolute Gasteiger partial charge is 0.549 e. The smallest absolute Gasteiger partial charge is 0.296 e. The highest BCUT2D eigenvalue weighted by Gasteiger charge is 2.22. The summed E-state index contributed by atoms with van der Waals surface area (Å²) in [5.41, 5.74) is 0. The predicted octanol–water partition coefficient (Wildman–Crippen LogP) is -0.793. The molecule has 0 aromatic carbocycles. The highest BCUT2D eigenvalue weighted by Crippen LogP contribution is 2.03. The predicted molar refractivity (Wildman–Crippen MR) is 25.2 cm³/mol. The van der Waals surface area contributed by atoms with Gasteiger partial charge in [-0.25, -0.2) is 8.78 Å². The molecule has 0 aromatic heterocycles. The van der Waals surface area contributed by atoms with E-state index in [0.29, 0.717) is 0 Å². The van der Waals surface area contributed by atoms with Crippen molar-refractivity contribution in [2.45, 2.75) is 13.3 Å². The molecule has 58 valence electrons. The van der Waals surface area contributed by atoms with Crippen LogP contribution in [0.3, 0.4) is 0 Å². The highest BCUT2D eigenvalue weighted by molar-refractivity contribution is 5.98. The molecule has 0 aliphatic rings. The monoisotopic (exact) mass is 151 g/mol. The van der Waals surface area contributed by atoms with E-state index < -0.39 is 24.1 Å². The molecule has 0 spiro atoms. The standard InChI is InChI=1S/C5H6F2O3/c1-2(5(9)10)3(8)4(6)7/h2,4H,1H3,(H,9,10)/p-1. The van der Waals surface area contributed by atoms with Gasteiger partial charge < -0.3 is 9.90 Å². The lowest BCUT2D eigenvalue weighted by Gasteiger charge is -2.09. The molecule has 0 aromatic rings. The Morgan fingerprint density at radius 1 is 1.40 bits per heavy atom. The molecule has 10 heavy (non-hydrogen) atoms. The lowest BCUT2D eigenvalue weighted by atomic mass is 10.1. The lowest BCUT2D eigenvalue weighted by Crippen LogP contribution is -2.36. The van der Waals surface area contributed by atoms with Gasteiger partial charge in [0.1, 0.15) is 0 Å². The number of aliphatic carboxylic acids is 1. The summed E-state index contributed by atoms with van der Waals surface area (Å²) in [5.74, 6) is -5.11. The van der Waals surface area contributed by atoms with Gasteiger partial charge in [-0.15, -0.1) is 0 Å². The third-order valence-corrected chi connectivity index (χ3v) is 0.995. The number of carboxylic acid groups (broad SMARTS) is 1. The van der Waals surface area contributed by atoms with E-state index in [4.69, 9.17) is 0 Å². The van der Waals surface area contributed by atoms with E-state index in [1.807, 2.05) is 0 Å². The van der Waals surface area contributed by atoms with Crippen LogP contribution in [0.15, 0.2) is 0 Å². The van der Waals surface area contributed by atoms with Gasteiger partial charge in [0.2, 0.25) is 5.78 Å². The van der Waals surface area contributed by atoms with Crippen molar-refractivity contribution in [1.29, 1.82) is 0 Å². The minimum atomic E-state index is -3.23. The second-order valence-electron chi connectivity index (χ2n) is 1.74. The molecule has 0 N–H and O–H groups in total. The molecule has 0 bridgehead atoms. The Bertz CT molecular complexity index is 155. The van der Waals surface area contributed by atoms with E-state index in [0.717, 1.165) is 6.92 Å². The molecule has 1 atom stereocenters. The first-order chi connectivity index (χ1) is 4.46. The van der Waals surface area contributed by atoms with Crippen LogP contribution in [0.1, 0.15) is 6.92 Å². The number of alkyl halides is 2. The molecule has 0 rings (SSSR count). The van der Waals surface area contributed by atoms with Crippen molar-refractivity contribution in [2.24, 2.45) is 5.92 Å². The number of hydrogen-bond acceptors (Lipinski definition) is 3. The van der Waals surface area contributed by atoms with E-state index in [9.17, 15) is 23.5 Å². The zero-order valence-corrected chi connectivity index (χ0v) is 5.14. The summed E-state index contributed by atoms with van der Waals surface area (Å²) in [6.45, 7) is 0.865. The van der Waals surface area contributed by atoms with Crippen LogP contribution < -0.4 is 5.11 Å². The second kappa shape index (κ2) is 3.24. The minimum Gasteiger partial charge on any atom is -0.549 e. The first kappa shape index (κ1) is 9.00. The maximum Gasteiger partial charge on any atom is 0.296 e. The molecule has 0 fully saturated rings. The zero-order valence-electron chi connectivity index (χ0n) is 5.14. The SMILES string of the molecule is CC(C(=O)[O-])C(=O)C(F)F. The fourth-order valence-electron chi connectivity index (χ4n) is 0.305. The van der Waals surface area contributed by atoms with Crippen LogP contribution in [0.5, 0.6) is 0 Å². The van der Waals surface area contributed by atoms with Gasteiger partial charge in [-0.05, 0) is 6.92 Å². The van der Waals surface area contributed by atoms with Crippen LogP contribution >= 0.6 is 0 Å². The van der Waals surface area contributed by atoms with Crippen molar-refractivity contribution in [1.82, 2.24) is 0 Å². The number of Topliss-reactive ketones (excluding diaryl/α,β-unsaturated/α-hetero) is 1. The number of carbonyl (C=O) groups is 2. The third kappa shape index (κ3) is 2.08. The summed E-state index contributed by atoms with van der Waals surface area (Å²) in [4.78, 5) is 19.9. The van der Waals surface area contributed by atoms with Gasteiger partial charge in [0.05, 0.1) is 11.9 Å². The maximum absolute atomic E-state index is 11.4. The van der Waals surface area contributed by atoms with Gasteiger partial charge >= 0.3 is 0 Å². The summed E-state index contributed by atoms with van der Waals surface area (Å²) in [6, 6.07) is 0. The maximum atomic E-state index is 11.4. The Labute approximate surface area is 55.6 Å². The van der Waals surface area contributed by atoms with E-state index in [1.54, 1.807) is 0 Å². The van der Waals surface area contributed by atoms with E-state index in [-0.39, 0.29) is 0 Å². The normalized spacial score (nSPS) is 13.2. The Hall–Kier alpha value is -1.00. The molecule has 0 saturated carbocycles. The van der Waals surface area contributed by atoms with Gasteiger partial charge in [0.25, 0.3) is 6.43 Å². The van der Waals surface area contributed by atoms with E-state index in [2.05, 4.69) is 0 Å². The molecule has 0 aliphatic heterocycles. The van der Waals surface area contributed by atoms with Crippen molar-refractivity contribution in [3.8, 4) is 0 Å². The van der Waals surface area contributed by atoms with E-state index in [1.165, 1.54) is 0 Å². The highest BCUT2D eigenvalue weighted by atomic mass is 19.3. The Morgan fingerprint density at radius 3 is 1.90 bits per heavy atom. The van der Waals surface area contributed by atoms with Gasteiger partial charge in [-0.3, -0.25) is 4.79 Å². The van der Waals surface area contributed by atoms with Gasteiger partial charge in [0.15, 0.2) is 0 Å². The number of hydrogen-bond donors (Lipinski definition) is 0. The molecule has 3 nitrogen and oxygen atoms in total. The number of carboxylic acids is 1. The van der Waals surface area contributed by atoms with Crippen molar-refractivity contribution in [3.63, 3.8) is 0 Å². The number of halogens is 2. The molecule has 0 amide bonds. The summed E-state index contributed by atoms with van der Waals surface area (Å²) >= 11 is 0. The average Bonchev–Trinajstić information content (AvgIpc) is 1.84. The van der Waals surface area contributed by atoms with Crippen molar-refractivity contribution >= 4 is 11.8 Å². The first-order valence-electron chi connectivity index (χ1n) is 2.49. The van der Waals surface area contributed by atoms with Crippen LogP contribution in [0.2, 0.25) is 0 Å². The van der Waals surface area contributed by atoms with Crippen LogP contribution in [0, 0.1) is 5.92 Å². The zero-order chi connectivity index (χ0) is 8.31. The van der Waals surface area contributed by atoms with E-state index >= 15 is 0 Å². The molecule has 0 radical (unpaired) electrons. The summed E-state index contributed by atoms with van der Waals surface area (Å²) in [7, 11) is 0. The minimum absolute atomic E-state index is 0.865. The quantitative estimate of drug-likeness (QED) is 0.496. The van der Waals surface area contributed by atoms with Crippen molar-refractivity contribution in [2.75, 3.05) is 0 Å². The Kier molecular flexibility index (Phi) is 2.92.